The van der Waals surface area contributed by atoms with Gasteiger partial charge in [-0.15, -0.1) is 0 Å². The lowest BCUT2D eigenvalue weighted by molar-refractivity contribution is -0.112. The van der Waals surface area contributed by atoms with Gasteiger partial charge in [-0.3, -0.25) is 4.79 Å². The van der Waals surface area contributed by atoms with Crippen LogP contribution in [0.2, 0.25) is 5.02 Å². The molecule has 1 N–H and O–H groups in total. The summed E-state index contributed by atoms with van der Waals surface area (Å²) in [6.45, 7) is 4.97. The van der Waals surface area contributed by atoms with Crippen molar-refractivity contribution in [3.63, 3.8) is 0 Å². The smallest absolute Gasteiger partial charge is 0.266 e. The number of carbonyl (C=O) groups excluding carboxylic acids is 1. The Kier molecular flexibility index (Phi) is 7.72. The fourth-order valence-corrected chi connectivity index (χ4v) is 2.39. The maximum absolute atomic E-state index is 12.4. The molecule has 0 unspecified atom stereocenters. The van der Waals surface area contributed by atoms with E-state index in [1.54, 1.807) is 42.5 Å². The van der Waals surface area contributed by atoms with Gasteiger partial charge in [0, 0.05) is 10.7 Å². The number of nitrogens with zero attached hydrogens (tertiary/aromatic N) is 1. The molecule has 0 aromatic heterocycles. The van der Waals surface area contributed by atoms with Crippen molar-refractivity contribution in [3.8, 4) is 17.6 Å². The average molecular weight is 385 g/mol. The molecule has 2 rings (SSSR count). The largest absolute Gasteiger partial charge is 0.490 e. The molecule has 0 spiro atoms. The number of rotatable bonds is 8. The van der Waals surface area contributed by atoms with Gasteiger partial charge in [0.05, 0.1) is 13.2 Å². The number of anilines is 1. The lowest BCUT2D eigenvalue weighted by Gasteiger charge is -2.12. The summed E-state index contributed by atoms with van der Waals surface area (Å²) in [5, 5.41) is 12.6. The van der Waals surface area contributed by atoms with Crippen molar-refractivity contribution in [1.82, 2.24) is 0 Å². The van der Waals surface area contributed by atoms with E-state index in [9.17, 15) is 10.1 Å². The number of hydrogen-bond acceptors (Lipinski definition) is 4. The summed E-state index contributed by atoms with van der Waals surface area (Å²) < 4.78 is 11.3. The van der Waals surface area contributed by atoms with Crippen molar-refractivity contribution in [2.24, 2.45) is 0 Å². The predicted octanol–water partition coefficient (Wildman–Crippen LogP) is 5.07. The Morgan fingerprint density at radius 1 is 1.15 bits per heavy atom. The Hall–Kier alpha value is -2.97. The first kappa shape index (κ1) is 20.3. The van der Waals surface area contributed by atoms with E-state index in [-0.39, 0.29) is 5.57 Å². The molecule has 0 atom stereocenters. The zero-order valence-electron chi connectivity index (χ0n) is 15.3. The highest BCUT2D eigenvalue weighted by molar-refractivity contribution is 6.30. The lowest BCUT2D eigenvalue weighted by Crippen LogP contribution is -2.13. The van der Waals surface area contributed by atoms with Gasteiger partial charge >= 0.3 is 0 Å². The Balaban J connectivity index is 2.22. The first-order chi connectivity index (χ1) is 13.1. The summed E-state index contributed by atoms with van der Waals surface area (Å²) >= 11 is 5.83. The fourth-order valence-electron chi connectivity index (χ4n) is 2.26. The van der Waals surface area contributed by atoms with Gasteiger partial charge in [-0.25, -0.2) is 0 Å². The summed E-state index contributed by atoms with van der Waals surface area (Å²) in [7, 11) is 0. The molecule has 0 aliphatic carbocycles. The highest BCUT2D eigenvalue weighted by atomic mass is 35.5. The van der Waals surface area contributed by atoms with Crippen LogP contribution in [0.3, 0.4) is 0 Å². The molecule has 0 fully saturated rings. The SMILES string of the molecule is CCCOc1ccc(/C=C(\C#N)C(=O)Nc2ccc(Cl)cc2)cc1OCC. The normalized spacial score (nSPS) is 10.8. The van der Waals surface area contributed by atoms with Crippen LogP contribution in [0, 0.1) is 11.3 Å². The molecular weight excluding hydrogens is 364 g/mol. The highest BCUT2D eigenvalue weighted by Crippen LogP contribution is 2.29. The van der Waals surface area contributed by atoms with Crippen molar-refractivity contribution in [1.29, 1.82) is 5.26 Å². The van der Waals surface area contributed by atoms with Crippen LogP contribution in [0.1, 0.15) is 25.8 Å². The third kappa shape index (κ3) is 6.05. The number of nitrogens with one attached hydrogen (secondary N) is 1. The van der Waals surface area contributed by atoms with Gasteiger partial charge in [0.15, 0.2) is 11.5 Å². The van der Waals surface area contributed by atoms with Crippen molar-refractivity contribution in [2.75, 3.05) is 18.5 Å². The Morgan fingerprint density at radius 3 is 2.52 bits per heavy atom. The van der Waals surface area contributed by atoms with E-state index >= 15 is 0 Å². The van der Waals surface area contributed by atoms with Crippen LogP contribution in [-0.4, -0.2) is 19.1 Å². The first-order valence-corrected chi connectivity index (χ1v) is 9.03. The van der Waals surface area contributed by atoms with Crippen LogP contribution in [0.15, 0.2) is 48.0 Å². The van der Waals surface area contributed by atoms with E-state index in [0.717, 1.165) is 6.42 Å². The molecule has 2 aromatic carbocycles. The number of hydrogen-bond donors (Lipinski definition) is 1. The minimum atomic E-state index is -0.496. The third-order valence-corrected chi connectivity index (χ3v) is 3.76. The lowest BCUT2D eigenvalue weighted by atomic mass is 10.1. The van der Waals surface area contributed by atoms with E-state index in [1.807, 2.05) is 19.9 Å². The molecule has 0 heterocycles. The zero-order valence-corrected chi connectivity index (χ0v) is 16.0. The van der Waals surface area contributed by atoms with Crippen LogP contribution in [0.4, 0.5) is 5.69 Å². The van der Waals surface area contributed by atoms with Gasteiger partial charge in [0.1, 0.15) is 11.6 Å². The minimum absolute atomic E-state index is 0.0189. The summed E-state index contributed by atoms with van der Waals surface area (Å²) in [6, 6.07) is 13.9. The average Bonchev–Trinajstić information content (AvgIpc) is 2.67. The number of nitriles is 1. The molecule has 1 amide bonds. The van der Waals surface area contributed by atoms with Crippen LogP contribution < -0.4 is 14.8 Å². The predicted molar refractivity (Wildman–Crippen MR) is 107 cm³/mol. The molecule has 2 aromatic rings. The molecule has 0 aliphatic heterocycles. The van der Waals surface area contributed by atoms with E-state index in [4.69, 9.17) is 21.1 Å². The third-order valence-electron chi connectivity index (χ3n) is 3.51. The Morgan fingerprint density at radius 2 is 1.89 bits per heavy atom. The molecule has 140 valence electrons. The van der Waals surface area contributed by atoms with Crippen molar-refractivity contribution >= 4 is 29.3 Å². The van der Waals surface area contributed by atoms with Crippen molar-refractivity contribution in [3.05, 3.63) is 58.6 Å². The number of ether oxygens (including phenoxy) is 2. The number of halogens is 1. The van der Waals surface area contributed by atoms with Gasteiger partial charge in [0.2, 0.25) is 0 Å². The number of amides is 1. The van der Waals surface area contributed by atoms with Crippen molar-refractivity contribution < 1.29 is 14.3 Å². The second kappa shape index (κ2) is 10.2. The fraction of sp³-hybridized carbons (Fsp3) is 0.238. The minimum Gasteiger partial charge on any atom is -0.490 e. The molecule has 6 heteroatoms. The van der Waals surface area contributed by atoms with Gasteiger partial charge in [-0.05, 0) is 61.4 Å². The molecule has 0 saturated carbocycles. The summed E-state index contributed by atoms with van der Waals surface area (Å²) in [4.78, 5) is 12.4. The summed E-state index contributed by atoms with van der Waals surface area (Å²) in [5.41, 5.74) is 1.21. The van der Waals surface area contributed by atoms with E-state index in [1.165, 1.54) is 6.08 Å². The molecule has 27 heavy (non-hydrogen) atoms. The molecule has 0 saturated heterocycles. The van der Waals surface area contributed by atoms with Gasteiger partial charge in [-0.2, -0.15) is 5.26 Å². The molecule has 0 bridgehead atoms. The molecule has 0 radical (unpaired) electrons. The maximum atomic E-state index is 12.4. The van der Waals surface area contributed by atoms with Crippen LogP contribution in [-0.2, 0) is 4.79 Å². The van der Waals surface area contributed by atoms with E-state index in [0.29, 0.717) is 41.0 Å². The zero-order chi connectivity index (χ0) is 19.6. The van der Waals surface area contributed by atoms with Gasteiger partial charge in [0.25, 0.3) is 5.91 Å². The summed E-state index contributed by atoms with van der Waals surface area (Å²) in [6.07, 6.45) is 2.40. The topological polar surface area (TPSA) is 71.3 Å². The monoisotopic (exact) mass is 384 g/mol. The van der Waals surface area contributed by atoms with Crippen LogP contribution in [0.25, 0.3) is 6.08 Å². The second-order valence-electron chi connectivity index (χ2n) is 5.62. The van der Waals surface area contributed by atoms with Gasteiger partial charge in [-0.1, -0.05) is 24.6 Å². The van der Waals surface area contributed by atoms with E-state index < -0.39 is 5.91 Å². The molecular formula is C21H21ClN2O3. The summed E-state index contributed by atoms with van der Waals surface area (Å²) in [5.74, 6) is 0.721. The second-order valence-corrected chi connectivity index (χ2v) is 6.05. The standard InChI is InChI=1S/C21H21ClN2O3/c1-3-11-27-19-10-5-15(13-20(19)26-4-2)12-16(14-23)21(25)24-18-8-6-17(22)7-9-18/h5-10,12-13H,3-4,11H2,1-2H3,(H,24,25)/b16-12+. The van der Waals surface area contributed by atoms with Crippen molar-refractivity contribution in [2.45, 2.75) is 20.3 Å². The van der Waals surface area contributed by atoms with E-state index in [2.05, 4.69) is 5.32 Å². The first-order valence-electron chi connectivity index (χ1n) is 8.65. The Bertz CT molecular complexity index is 855. The molecule has 0 aliphatic rings. The number of benzene rings is 2. The van der Waals surface area contributed by atoms with Crippen LogP contribution >= 0.6 is 11.6 Å². The highest BCUT2D eigenvalue weighted by Gasteiger charge is 2.11. The maximum Gasteiger partial charge on any atom is 0.266 e. The number of carbonyl (C=O) groups is 1. The van der Waals surface area contributed by atoms with Crippen LogP contribution in [0.5, 0.6) is 11.5 Å². The quantitative estimate of drug-likeness (QED) is 0.509. The van der Waals surface area contributed by atoms with Gasteiger partial charge < -0.3 is 14.8 Å². The Labute approximate surface area is 164 Å². The molecule has 5 nitrogen and oxygen atoms in total.